The Morgan fingerprint density at radius 1 is 1.20 bits per heavy atom. The number of hydrogen-bond donors (Lipinski definition) is 1. The van der Waals surface area contributed by atoms with Gasteiger partial charge in [-0.25, -0.2) is 0 Å². The molecule has 0 saturated carbocycles. The molecule has 1 unspecified atom stereocenters. The third-order valence-electron chi connectivity index (χ3n) is 5.25. The maximum atomic E-state index is 12.5. The van der Waals surface area contributed by atoms with Crippen LogP contribution in [0.1, 0.15) is 65.4 Å². The second-order valence-corrected chi connectivity index (χ2v) is 7.27. The van der Waals surface area contributed by atoms with Gasteiger partial charge in [-0.3, -0.25) is 4.79 Å². The van der Waals surface area contributed by atoms with Gasteiger partial charge in [0.2, 0.25) is 0 Å². The summed E-state index contributed by atoms with van der Waals surface area (Å²) in [5, 5.41) is 0. The molecule has 25 heavy (non-hydrogen) atoms. The van der Waals surface area contributed by atoms with Gasteiger partial charge < -0.3 is 10.5 Å². The van der Waals surface area contributed by atoms with Crippen LogP contribution in [-0.4, -0.2) is 19.1 Å². The van der Waals surface area contributed by atoms with Gasteiger partial charge in [0.05, 0.1) is 12.0 Å². The standard InChI is InChI=1S/C22H35NO2/c1-6-18(7-2)20(19-12-9-8-10-13-19)16-17(3)22(4,5)21(24)25-15-11-14-23/h8-10,12-13,16,18,20H,6-7,11,14-15,23H2,1-5H3/b17-16+. The number of hydrogen-bond acceptors (Lipinski definition) is 3. The highest BCUT2D eigenvalue weighted by molar-refractivity contribution is 5.79. The molecule has 0 fully saturated rings. The summed E-state index contributed by atoms with van der Waals surface area (Å²) in [4.78, 5) is 12.5. The predicted molar refractivity (Wildman–Crippen MR) is 105 cm³/mol. The number of carbonyl (C=O) groups excluding carboxylic acids is 1. The second-order valence-electron chi connectivity index (χ2n) is 7.27. The van der Waals surface area contributed by atoms with Gasteiger partial charge in [0, 0.05) is 5.92 Å². The molecular weight excluding hydrogens is 310 g/mol. The van der Waals surface area contributed by atoms with Crippen LogP contribution in [0, 0.1) is 11.3 Å². The second kappa shape index (κ2) is 10.4. The highest BCUT2D eigenvalue weighted by Gasteiger charge is 2.32. The van der Waals surface area contributed by atoms with Crippen LogP contribution < -0.4 is 5.73 Å². The maximum absolute atomic E-state index is 12.5. The van der Waals surface area contributed by atoms with Crippen LogP contribution >= 0.6 is 0 Å². The fraction of sp³-hybridized carbons (Fsp3) is 0.591. The first-order valence-corrected chi connectivity index (χ1v) is 9.49. The molecule has 0 heterocycles. The molecular formula is C22H35NO2. The van der Waals surface area contributed by atoms with Gasteiger partial charge in [-0.2, -0.15) is 0 Å². The minimum absolute atomic E-state index is 0.175. The SMILES string of the molecule is CCC(CC)C(/C=C(\C)C(C)(C)C(=O)OCCCN)c1ccccc1. The molecule has 1 atom stereocenters. The number of nitrogens with two attached hydrogens (primary N) is 1. The quantitative estimate of drug-likeness (QED) is 0.366. The first kappa shape index (κ1) is 21.4. The Morgan fingerprint density at radius 3 is 2.32 bits per heavy atom. The van der Waals surface area contributed by atoms with Gasteiger partial charge >= 0.3 is 5.97 Å². The van der Waals surface area contributed by atoms with E-state index in [9.17, 15) is 4.79 Å². The summed E-state index contributed by atoms with van der Waals surface area (Å²) in [6.45, 7) is 11.3. The Kier molecular flexibility index (Phi) is 8.91. The average molecular weight is 346 g/mol. The largest absolute Gasteiger partial charge is 0.465 e. The van der Waals surface area contributed by atoms with Crippen molar-refractivity contribution in [1.82, 2.24) is 0 Å². The van der Waals surface area contributed by atoms with Crippen LogP contribution in [-0.2, 0) is 9.53 Å². The van der Waals surface area contributed by atoms with Crippen LogP contribution in [0.4, 0.5) is 0 Å². The Morgan fingerprint density at radius 2 is 1.80 bits per heavy atom. The van der Waals surface area contributed by atoms with E-state index in [0.29, 0.717) is 31.4 Å². The van der Waals surface area contributed by atoms with E-state index in [2.05, 4.69) is 44.2 Å². The van der Waals surface area contributed by atoms with E-state index < -0.39 is 5.41 Å². The number of allylic oxidation sites excluding steroid dienone is 1. The maximum Gasteiger partial charge on any atom is 0.315 e. The van der Waals surface area contributed by atoms with Crippen molar-refractivity contribution in [3.8, 4) is 0 Å². The lowest BCUT2D eigenvalue weighted by Gasteiger charge is -2.28. The van der Waals surface area contributed by atoms with Crippen LogP contribution in [0.5, 0.6) is 0 Å². The van der Waals surface area contributed by atoms with Gasteiger partial charge in [0.25, 0.3) is 0 Å². The highest BCUT2D eigenvalue weighted by atomic mass is 16.5. The molecule has 140 valence electrons. The average Bonchev–Trinajstić information content (AvgIpc) is 2.62. The normalized spacial score (nSPS) is 13.8. The Labute approximate surface area is 153 Å². The van der Waals surface area contributed by atoms with Crippen LogP contribution in [0.3, 0.4) is 0 Å². The van der Waals surface area contributed by atoms with E-state index in [1.807, 2.05) is 26.8 Å². The number of rotatable bonds is 10. The van der Waals surface area contributed by atoms with Crippen molar-refractivity contribution < 1.29 is 9.53 Å². The summed E-state index contributed by atoms with van der Waals surface area (Å²) >= 11 is 0. The molecule has 1 aromatic carbocycles. The van der Waals surface area contributed by atoms with E-state index in [1.165, 1.54) is 5.56 Å². The molecule has 0 aliphatic heterocycles. The zero-order valence-corrected chi connectivity index (χ0v) is 16.5. The smallest absolute Gasteiger partial charge is 0.315 e. The summed E-state index contributed by atoms with van der Waals surface area (Å²) < 4.78 is 5.41. The van der Waals surface area contributed by atoms with Gasteiger partial charge in [0.1, 0.15) is 0 Å². The molecule has 0 aliphatic carbocycles. The molecule has 1 aromatic rings. The zero-order valence-electron chi connectivity index (χ0n) is 16.5. The van der Waals surface area contributed by atoms with Crippen LogP contribution in [0.15, 0.2) is 42.0 Å². The van der Waals surface area contributed by atoms with Crippen molar-refractivity contribution in [3.05, 3.63) is 47.5 Å². The summed E-state index contributed by atoms with van der Waals surface area (Å²) in [7, 11) is 0. The molecule has 0 aliphatic rings. The fourth-order valence-corrected chi connectivity index (χ4v) is 3.04. The predicted octanol–water partition coefficient (Wildman–Crippen LogP) is 5.07. The highest BCUT2D eigenvalue weighted by Crippen LogP contribution is 2.36. The monoisotopic (exact) mass is 345 g/mol. The molecule has 0 saturated heterocycles. The lowest BCUT2D eigenvalue weighted by atomic mass is 9.77. The summed E-state index contributed by atoms with van der Waals surface area (Å²) in [6, 6.07) is 10.6. The van der Waals surface area contributed by atoms with Gasteiger partial charge in [-0.05, 0) is 45.2 Å². The molecule has 0 amide bonds. The summed E-state index contributed by atoms with van der Waals surface area (Å²) in [6.07, 6.45) is 5.20. The number of ether oxygens (including phenoxy) is 1. The molecule has 2 N–H and O–H groups in total. The summed E-state index contributed by atoms with van der Waals surface area (Å²) in [5.74, 6) is 0.694. The molecule has 0 aromatic heterocycles. The molecule has 3 nitrogen and oxygen atoms in total. The van der Waals surface area contributed by atoms with Gasteiger partial charge in [-0.1, -0.05) is 68.7 Å². The summed E-state index contributed by atoms with van der Waals surface area (Å²) in [5.41, 5.74) is 7.21. The minimum Gasteiger partial charge on any atom is -0.465 e. The Bertz CT molecular complexity index is 544. The first-order valence-electron chi connectivity index (χ1n) is 9.49. The topological polar surface area (TPSA) is 52.3 Å². The first-order chi connectivity index (χ1) is 11.9. The minimum atomic E-state index is -0.631. The van der Waals surface area contributed by atoms with E-state index in [-0.39, 0.29) is 5.97 Å². The van der Waals surface area contributed by atoms with Gasteiger partial charge in [-0.15, -0.1) is 0 Å². The molecule has 1 rings (SSSR count). The molecule has 0 spiro atoms. The number of carbonyl (C=O) groups is 1. The van der Waals surface area contributed by atoms with Crippen molar-refractivity contribution in [2.24, 2.45) is 17.1 Å². The number of esters is 1. The molecule has 0 radical (unpaired) electrons. The zero-order chi connectivity index (χ0) is 18.9. The molecule has 3 heteroatoms. The van der Waals surface area contributed by atoms with E-state index in [1.54, 1.807) is 0 Å². The Balaban J connectivity index is 3.08. The lowest BCUT2D eigenvalue weighted by Crippen LogP contribution is -2.29. The van der Waals surface area contributed by atoms with Crippen LogP contribution in [0.25, 0.3) is 0 Å². The number of benzene rings is 1. The van der Waals surface area contributed by atoms with Crippen LogP contribution in [0.2, 0.25) is 0 Å². The third kappa shape index (κ3) is 6.00. The Hall–Kier alpha value is -1.61. The van der Waals surface area contributed by atoms with Crippen molar-refractivity contribution in [3.63, 3.8) is 0 Å². The fourth-order valence-electron chi connectivity index (χ4n) is 3.04. The van der Waals surface area contributed by atoms with E-state index >= 15 is 0 Å². The van der Waals surface area contributed by atoms with Crippen molar-refractivity contribution in [1.29, 1.82) is 0 Å². The van der Waals surface area contributed by atoms with Gasteiger partial charge in [0.15, 0.2) is 0 Å². The lowest BCUT2D eigenvalue weighted by molar-refractivity contribution is -0.151. The van der Waals surface area contributed by atoms with E-state index in [0.717, 1.165) is 18.4 Å². The third-order valence-corrected chi connectivity index (χ3v) is 5.25. The van der Waals surface area contributed by atoms with Crippen molar-refractivity contribution in [2.75, 3.05) is 13.2 Å². The van der Waals surface area contributed by atoms with Crippen molar-refractivity contribution >= 4 is 5.97 Å². The van der Waals surface area contributed by atoms with Crippen molar-refractivity contribution in [2.45, 2.75) is 59.8 Å². The van der Waals surface area contributed by atoms with E-state index in [4.69, 9.17) is 10.5 Å². The molecule has 0 bridgehead atoms.